The molecule has 0 spiro atoms. The van der Waals surface area contributed by atoms with Crippen LogP contribution in [-0.4, -0.2) is 4.57 Å². The van der Waals surface area contributed by atoms with Gasteiger partial charge in [0.25, 0.3) is 0 Å². The first-order chi connectivity index (χ1) is 16.7. The number of aromatic nitrogens is 1. The Labute approximate surface area is 214 Å². The number of fused-ring (bicyclic) bond motifs is 5. The molecule has 0 aliphatic carbocycles. The molecule has 0 saturated carbocycles. The lowest BCUT2D eigenvalue weighted by Crippen LogP contribution is -1.94. The first-order valence-electron chi connectivity index (χ1n) is 11.1. The van der Waals surface area contributed by atoms with Crippen LogP contribution in [0.5, 0.6) is 0 Å². The van der Waals surface area contributed by atoms with Crippen LogP contribution in [0.4, 0.5) is 0 Å². The third kappa shape index (κ3) is 3.32. The van der Waals surface area contributed by atoms with Crippen LogP contribution >= 0.6 is 39.5 Å². The molecule has 1 aromatic heterocycles. The van der Waals surface area contributed by atoms with Gasteiger partial charge in [0.2, 0.25) is 0 Å². The van der Waals surface area contributed by atoms with Crippen molar-refractivity contribution < 1.29 is 0 Å². The normalized spacial score (nSPS) is 12.6. The highest BCUT2D eigenvalue weighted by molar-refractivity contribution is 9.10. The van der Waals surface area contributed by atoms with E-state index in [1.165, 1.54) is 58.2 Å². The number of para-hydroxylation sites is 2. The van der Waals surface area contributed by atoms with Gasteiger partial charge in [-0.2, -0.15) is 0 Å². The fraction of sp³-hybridized carbons (Fsp3) is 0. The predicted molar refractivity (Wildman–Crippen MR) is 149 cm³/mol. The quantitative estimate of drug-likeness (QED) is 0.217. The third-order valence-corrected chi connectivity index (χ3v) is 9.33. The van der Waals surface area contributed by atoms with Crippen LogP contribution in [-0.2, 0) is 0 Å². The van der Waals surface area contributed by atoms with E-state index in [4.69, 9.17) is 0 Å². The van der Waals surface area contributed by atoms with E-state index in [1.54, 1.807) is 0 Å². The molecule has 0 atom stereocenters. The zero-order valence-corrected chi connectivity index (χ0v) is 21.3. The number of benzene rings is 5. The van der Waals surface area contributed by atoms with E-state index < -0.39 is 0 Å². The van der Waals surface area contributed by atoms with Gasteiger partial charge in [0, 0.05) is 40.5 Å². The van der Waals surface area contributed by atoms with Crippen molar-refractivity contribution >= 4 is 61.3 Å². The topological polar surface area (TPSA) is 4.93 Å². The van der Waals surface area contributed by atoms with Gasteiger partial charge in [-0.25, -0.2) is 0 Å². The smallest absolute Gasteiger partial charge is 0.0541 e. The van der Waals surface area contributed by atoms with Gasteiger partial charge in [-0.3, -0.25) is 0 Å². The van der Waals surface area contributed by atoms with Crippen LogP contribution in [0.25, 0.3) is 38.6 Å². The maximum atomic E-state index is 3.60. The van der Waals surface area contributed by atoms with Crippen molar-refractivity contribution in [3.05, 3.63) is 114 Å². The number of rotatable bonds is 2. The summed E-state index contributed by atoms with van der Waals surface area (Å²) >= 11 is 7.31. The molecule has 1 aliphatic heterocycles. The summed E-state index contributed by atoms with van der Waals surface area (Å²) in [5.41, 5.74) is 6.14. The minimum atomic E-state index is 1.13. The Morgan fingerprint density at radius 1 is 0.500 bits per heavy atom. The minimum absolute atomic E-state index is 1.13. The summed E-state index contributed by atoms with van der Waals surface area (Å²) in [6.07, 6.45) is 0. The monoisotopic (exact) mass is 535 g/mol. The second-order valence-corrected chi connectivity index (χ2v) is 11.5. The predicted octanol–water partition coefficient (Wildman–Crippen LogP) is 9.83. The zero-order valence-electron chi connectivity index (χ0n) is 18.0. The number of hydrogen-bond acceptors (Lipinski definition) is 2. The lowest BCUT2D eigenvalue weighted by atomic mass is 10.0. The molecular formula is C30H18BrNS2. The Hall–Kier alpha value is -2.92. The second kappa shape index (κ2) is 8.09. The maximum Gasteiger partial charge on any atom is 0.0541 e. The molecular weight excluding hydrogens is 518 g/mol. The molecule has 0 unspecified atom stereocenters. The molecule has 162 valence electrons. The van der Waals surface area contributed by atoms with E-state index in [-0.39, 0.29) is 0 Å². The number of hydrogen-bond donors (Lipinski definition) is 0. The van der Waals surface area contributed by atoms with Crippen molar-refractivity contribution in [2.45, 2.75) is 19.6 Å². The zero-order chi connectivity index (χ0) is 22.6. The molecule has 0 amide bonds. The Morgan fingerprint density at radius 3 is 1.85 bits per heavy atom. The van der Waals surface area contributed by atoms with Gasteiger partial charge in [-0.05, 0) is 65.7 Å². The summed E-state index contributed by atoms with van der Waals surface area (Å²) in [5, 5.41) is 2.58. The molecule has 5 aromatic carbocycles. The fourth-order valence-corrected chi connectivity index (χ4v) is 7.55. The Balaban J connectivity index is 1.34. The van der Waals surface area contributed by atoms with Crippen molar-refractivity contribution in [2.24, 2.45) is 0 Å². The highest BCUT2D eigenvalue weighted by atomic mass is 79.9. The van der Waals surface area contributed by atoms with Crippen molar-refractivity contribution in [1.82, 2.24) is 4.57 Å². The van der Waals surface area contributed by atoms with Crippen molar-refractivity contribution in [3.8, 4) is 16.8 Å². The van der Waals surface area contributed by atoms with Crippen LogP contribution in [0.3, 0.4) is 0 Å². The van der Waals surface area contributed by atoms with Gasteiger partial charge in [0.05, 0.1) is 11.0 Å². The summed E-state index contributed by atoms with van der Waals surface area (Å²) in [5.74, 6) is 0. The van der Waals surface area contributed by atoms with E-state index in [1.807, 2.05) is 23.5 Å². The second-order valence-electron chi connectivity index (χ2n) is 8.38. The van der Waals surface area contributed by atoms with Crippen molar-refractivity contribution in [2.75, 3.05) is 0 Å². The standard InChI is InChI=1S/C30H18BrNS2/c31-21-13-15-28-30(18-21)34-27-14-12-20(17-29(27)33-28)19-6-5-7-22(16-19)32-25-10-3-1-8-23(25)24-9-2-4-11-26(24)32/h1-18H. The van der Waals surface area contributed by atoms with E-state index in [0.29, 0.717) is 0 Å². The molecule has 0 fully saturated rings. The van der Waals surface area contributed by atoms with Crippen LogP contribution in [0.15, 0.2) is 133 Å². The molecule has 2 heterocycles. The highest BCUT2D eigenvalue weighted by Gasteiger charge is 2.18. The SMILES string of the molecule is Brc1ccc2c(c1)Sc1ccc(-c3cccc(-n4c5ccccc5c5ccccc54)c3)cc1S2. The van der Waals surface area contributed by atoms with Gasteiger partial charge in [-0.15, -0.1) is 0 Å². The van der Waals surface area contributed by atoms with Gasteiger partial charge in [-0.1, -0.05) is 94.1 Å². The summed E-state index contributed by atoms with van der Waals surface area (Å²) < 4.78 is 3.51. The summed E-state index contributed by atoms with van der Waals surface area (Å²) in [6.45, 7) is 0. The Kier molecular flexibility index (Phi) is 4.87. The average Bonchev–Trinajstić information content (AvgIpc) is 3.22. The lowest BCUT2D eigenvalue weighted by Gasteiger charge is -2.19. The molecule has 0 N–H and O–H groups in total. The van der Waals surface area contributed by atoms with Gasteiger partial charge in [0.15, 0.2) is 0 Å². The third-order valence-electron chi connectivity index (χ3n) is 6.31. The Morgan fingerprint density at radius 2 is 1.12 bits per heavy atom. The molecule has 4 heteroatoms. The van der Waals surface area contributed by atoms with E-state index >= 15 is 0 Å². The molecule has 7 rings (SSSR count). The number of halogens is 1. The van der Waals surface area contributed by atoms with Crippen molar-refractivity contribution in [1.29, 1.82) is 0 Å². The first kappa shape index (κ1) is 20.5. The highest BCUT2D eigenvalue weighted by Crippen LogP contribution is 2.50. The van der Waals surface area contributed by atoms with Gasteiger partial charge < -0.3 is 4.57 Å². The average molecular weight is 537 g/mol. The molecule has 1 nitrogen and oxygen atoms in total. The fourth-order valence-electron chi connectivity index (χ4n) is 4.76. The van der Waals surface area contributed by atoms with Crippen LogP contribution in [0.2, 0.25) is 0 Å². The van der Waals surface area contributed by atoms with Crippen LogP contribution < -0.4 is 0 Å². The largest absolute Gasteiger partial charge is 0.309 e. The summed E-state index contributed by atoms with van der Waals surface area (Å²) in [6, 6.07) is 39.6. The number of nitrogens with zero attached hydrogens (tertiary/aromatic N) is 1. The summed E-state index contributed by atoms with van der Waals surface area (Å²) in [7, 11) is 0. The van der Waals surface area contributed by atoms with Gasteiger partial charge in [0.1, 0.15) is 0 Å². The molecule has 6 aromatic rings. The first-order valence-corrected chi connectivity index (χ1v) is 13.6. The van der Waals surface area contributed by atoms with E-state index in [9.17, 15) is 0 Å². The summed E-state index contributed by atoms with van der Waals surface area (Å²) in [4.78, 5) is 5.27. The molecule has 1 aliphatic rings. The molecule has 0 radical (unpaired) electrons. The molecule has 0 bridgehead atoms. The van der Waals surface area contributed by atoms with Gasteiger partial charge >= 0.3 is 0 Å². The lowest BCUT2D eigenvalue weighted by molar-refractivity contribution is 1.15. The van der Waals surface area contributed by atoms with E-state index in [2.05, 4.69) is 130 Å². The van der Waals surface area contributed by atoms with E-state index in [0.717, 1.165) is 4.47 Å². The minimum Gasteiger partial charge on any atom is -0.309 e. The Bertz CT molecular complexity index is 1680. The molecule has 0 saturated heterocycles. The molecule has 34 heavy (non-hydrogen) atoms. The maximum absolute atomic E-state index is 3.60. The van der Waals surface area contributed by atoms with Crippen molar-refractivity contribution in [3.63, 3.8) is 0 Å². The van der Waals surface area contributed by atoms with Crippen LogP contribution in [0.1, 0.15) is 0 Å². The van der Waals surface area contributed by atoms with Crippen LogP contribution in [0, 0.1) is 0 Å².